The van der Waals surface area contributed by atoms with Gasteiger partial charge in [-0.05, 0) is 30.2 Å². The number of nitrogens with zero attached hydrogens (tertiary/aromatic N) is 2. The second kappa shape index (κ2) is 12.3. The molecule has 29 heavy (non-hydrogen) atoms. The standard InChI is InChI=1S/C18H22Cl2F2N4O2.HI/c1-23-18(25-10-12-9-13(19)16(20)26(12)2)24-7-6-11-4-5-14(27-3)15(8-11)28-17(21)22;/h4-5,8-9,17H,6-7,10H2,1-3H3,(H2,23,24,25);1H. The van der Waals surface area contributed by atoms with Crippen molar-refractivity contribution in [1.29, 1.82) is 0 Å². The third kappa shape index (κ3) is 7.38. The van der Waals surface area contributed by atoms with Crippen LogP contribution < -0.4 is 20.1 Å². The number of halogens is 5. The minimum atomic E-state index is -2.91. The van der Waals surface area contributed by atoms with Gasteiger partial charge in [0.05, 0.1) is 18.7 Å². The molecule has 1 aromatic carbocycles. The zero-order valence-corrected chi connectivity index (χ0v) is 20.0. The van der Waals surface area contributed by atoms with Gasteiger partial charge in [0.25, 0.3) is 0 Å². The van der Waals surface area contributed by atoms with Crippen molar-refractivity contribution < 1.29 is 18.3 Å². The Morgan fingerprint density at radius 3 is 2.48 bits per heavy atom. The number of guanidine groups is 1. The van der Waals surface area contributed by atoms with Crippen LogP contribution in [0.3, 0.4) is 0 Å². The van der Waals surface area contributed by atoms with Crippen LogP contribution in [0.1, 0.15) is 11.3 Å². The van der Waals surface area contributed by atoms with E-state index in [0.29, 0.717) is 35.6 Å². The minimum Gasteiger partial charge on any atom is -0.493 e. The minimum absolute atomic E-state index is 0. The van der Waals surface area contributed by atoms with Crippen molar-refractivity contribution in [3.8, 4) is 11.5 Å². The Labute approximate surface area is 195 Å². The molecule has 0 radical (unpaired) electrons. The summed E-state index contributed by atoms with van der Waals surface area (Å²) < 4.78 is 36.4. The molecule has 6 nitrogen and oxygen atoms in total. The Hall–Kier alpha value is -1.46. The van der Waals surface area contributed by atoms with Crippen molar-refractivity contribution in [3.05, 3.63) is 45.7 Å². The Morgan fingerprint density at radius 2 is 1.93 bits per heavy atom. The number of nitrogens with one attached hydrogen (secondary N) is 2. The molecule has 0 aliphatic carbocycles. The van der Waals surface area contributed by atoms with E-state index >= 15 is 0 Å². The molecule has 1 heterocycles. The third-order valence-electron chi connectivity index (χ3n) is 4.03. The van der Waals surface area contributed by atoms with Gasteiger partial charge in [0.1, 0.15) is 5.15 Å². The van der Waals surface area contributed by atoms with Crippen LogP contribution in [-0.4, -0.2) is 37.8 Å². The molecule has 0 aliphatic heterocycles. The number of rotatable bonds is 8. The first-order chi connectivity index (χ1) is 13.3. The summed E-state index contributed by atoms with van der Waals surface area (Å²) >= 11 is 12.1. The van der Waals surface area contributed by atoms with E-state index < -0.39 is 6.61 Å². The van der Waals surface area contributed by atoms with E-state index in [1.807, 2.05) is 7.05 Å². The molecular weight excluding hydrogens is 540 g/mol. The number of alkyl halides is 2. The van der Waals surface area contributed by atoms with E-state index in [2.05, 4.69) is 20.4 Å². The smallest absolute Gasteiger partial charge is 0.387 e. The highest BCUT2D eigenvalue weighted by molar-refractivity contribution is 14.0. The van der Waals surface area contributed by atoms with Gasteiger partial charge >= 0.3 is 6.61 Å². The molecule has 2 aromatic rings. The summed E-state index contributed by atoms with van der Waals surface area (Å²) in [5.41, 5.74) is 1.72. The van der Waals surface area contributed by atoms with Crippen LogP contribution in [0.4, 0.5) is 8.78 Å². The second-order valence-corrected chi connectivity index (χ2v) is 6.56. The Morgan fingerprint density at radius 1 is 1.21 bits per heavy atom. The maximum absolute atomic E-state index is 12.5. The van der Waals surface area contributed by atoms with Crippen LogP contribution >= 0.6 is 47.2 Å². The Bertz CT molecular complexity index is 834. The van der Waals surface area contributed by atoms with E-state index in [4.69, 9.17) is 27.9 Å². The first-order valence-corrected chi connectivity index (χ1v) is 9.17. The van der Waals surface area contributed by atoms with Crippen LogP contribution in [0.5, 0.6) is 11.5 Å². The van der Waals surface area contributed by atoms with Gasteiger partial charge in [-0.25, -0.2) is 0 Å². The molecule has 0 fully saturated rings. The van der Waals surface area contributed by atoms with E-state index in [9.17, 15) is 8.78 Å². The molecule has 0 unspecified atom stereocenters. The largest absolute Gasteiger partial charge is 0.493 e. The highest BCUT2D eigenvalue weighted by Crippen LogP contribution is 2.29. The quantitative estimate of drug-likeness (QED) is 0.283. The normalized spacial score (nSPS) is 11.2. The number of methoxy groups -OCH3 is 1. The number of benzene rings is 1. The van der Waals surface area contributed by atoms with Crippen molar-refractivity contribution in [2.45, 2.75) is 19.6 Å². The van der Waals surface area contributed by atoms with Crippen LogP contribution in [0, 0.1) is 0 Å². The van der Waals surface area contributed by atoms with E-state index in [1.54, 1.807) is 29.8 Å². The fourth-order valence-corrected chi connectivity index (χ4v) is 2.96. The summed E-state index contributed by atoms with van der Waals surface area (Å²) in [6.07, 6.45) is 0.575. The van der Waals surface area contributed by atoms with Gasteiger partial charge in [-0.1, -0.05) is 29.3 Å². The van der Waals surface area contributed by atoms with Gasteiger partial charge in [-0.15, -0.1) is 24.0 Å². The first-order valence-electron chi connectivity index (χ1n) is 8.41. The molecule has 0 bridgehead atoms. The van der Waals surface area contributed by atoms with Gasteiger partial charge in [-0.3, -0.25) is 4.99 Å². The molecule has 2 rings (SSSR count). The van der Waals surface area contributed by atoms with Crippen molar-refractivity contribution in [3.63, 3.8) is 0 Å². The first kappa shape index (κ1) is 25.6. The summed E-state index contributed by atoms with van der Waals surface area (Å²) in [5.74, 6) is 0.857. The van der Waals surface area contributed by atoms with Crippen LogP contribution in [-0.2, 0) is 20.0 Å². The van der Waals surface area contributed by atoms with Crippen molar-refractivity contribution in [2.75, 3.05) is 20.7 Å². The van der Waals surface area contributed by atoms with Gasteiger partial charge < -0.3 is 24.7 Å². The Kier molecular flexibility index (Phi) is 10.8. The average molecular weight is 563 g/mol. The van der Waals surface area contributed by atoms with Gasteiger partial charge in [-0.2, -0.15) is 8.78 Å². The number of aliphatic imine (C=N–C) groups is 1. The molecule has 0 spiro atoms. The SMILES string of the molecule is CN=C(NCCc1ccc(OC)c(OC(F)F)c1)NCc1cc(Cl)c(Cl)n1C.I. The van der Waals surface area contributed by atoms with E-state index in [0.717, 1.165) is 11.3 Å². The highest BCUT2D eigenvalue weighted by atomic mass is 127. The summed E-state index contributed by atoms with van der Waals surface area (Å²) in [4.78, 5) is 4.15. The number of ether oxygens (including phenoxy) is 2. The third-order valence-corrected chi connectivity index (χ3v) is 4.87. The molecule has 0 amide bonds. The van der Waals surface area contributed by atoms with Gasteiger partial charge in [0.15, 0.2) is 17.5 Å². The lowest BCUT2D eigenvalue weighted by Crippen LogP contribution is -2.38. The lowest BCUT2D eigenvalue weighted by Gasteiger charge is -2.14. The molecule has 0 aliphatic rings. The molecule has 162 valence electrons. The van der Waals surface area contributed by atoms with Crippen LogP contribution in [0.25, 0.3) is 0 Å². The van der Waals surface area contributed by atoms with Crippen molar-refractivity contribution >= 4 is 53.1 Å². The van der Waals surface area contributed by atoms with Gasteiger partial charge in [0, 0.05) is 26.3 Å². The molecular formula is C18H23Cl2F2IN4O2. The number of hydrogen-bond donors (Lipinski definition) is 2. The molecule has 11 heteroatoms. The second-order valence-electron chi connectivity index (χ2n) is 5.80. The van der Waals surface area contributed by atoms with Crippen LogP contribution in [0.15, 0.2) is 29.3 Å². The van der Waals surface area contributed by atoms with Gasteiger partial charge in [0.2, 0.25) is 0 Å². The molecule has 2 N–H and O–H groups in total. The summed E-state index contributed by atoms with van der Waals surface area (Å²) in [6, 6.07) is 6.72. The van der Waals surface area contributed by atoms with E-state index in [1.165, 1.54) is 13.2 Å². The average Bonchev–Trinajstić information content (AvgIpc) is 2.91. The summed E-state index contributed by atoms with van der Waals surface area (Å²) in [5, 5.41) is 7.29. The van der Waals surface area contributed by atoms with Crippen LogP contribution in [0.2, 0.25) is 10.2 Å². The summed E-state index contributed by atoms with van der Waals surface area (Å²) in [6.45, 7) is -1.89. The number of aromatic nitrogens is 1. The topological polar surface area (TPSA) is 59.8 Å². The summed E-state index contributed by atoms with van der Waals surface area (Å²) in [7, 11) is 4.88. The van der Waals surface area contributed by atoms with Crippen molar-refractivity contribution in [2.24, 2.45) is 12.0 Å². The number of hydrogen-bond acceptors (Lipinski definition) is 3. The molecule has 0 saturated carbocycles. The fraction of sp³-hybridized carbons (Fsp3) is 0.389. The fourth-order valence-electron chi connectivity index (χ4n) is 2.54. The lowest BCUT2D eigenvalue weighted by atomic mass is 10.1. The highest BCUT2D eigenvalue weighted by Gasteiger charge is 2.12. The predicted molar refractivity (Wildman–Crippen MR) is 122 cm³/mol. The molecule has 0 atom stereocenters. The zero-order chi connectivity index (χ0) is 20.7. The molecule has 0 saturated heterocycles. The lowest BCUT2D eigenvalue weighted by molar-refractivity contribution is -0.0512. The zero-order valence-electron chi connectivity index (χ0n) is 16.1. The predicted octanol–water partition coefficient (Wildman–Crippen LogP) is 4.47. The monoisotopic (exact) mass is 562 g/mol. The maximum Gasteiger partial charge on any atom is 0.387 e. The maximum atomic E-state index is 12.5. The Balaban J connectivity index is 0.00000420. The molecule has 1 aromatic heterocycles. The van der Waals surface area contributed by atoms with Crippen molar-refractivity contribution in [1.82, 2.24) is 15.2 Å². The van der Waals surface area contributed by atoms with E-state index in [-0.39, 0.29) is 35.5 Å².